The highest BCUT2D eigenvalue weighted by molar-refractivity contribution is 6.23. The second-order valence-corrected chi connectivity index (χ2v) is 12.2. The topological polar surface area (TPSA) is 18.0 Å². The van der Waals surface area contributed by atoms with E-state index in [1.807, 2.05) is 0 Å². The number of benzene rings is 6. The third-order valence-electron chi connectivity index (χ3n) is 9.88. The SMILES string of the molecule is CN1C(n2c3ccccc3c3ccccc32)=CC=CC1n1c2ccccc2c2ccc3c4ccccc4n(-c4ccccc4)c3c21. The fraction of sp³-hybridized carbons (Fsp3) is 0.0476. The molecule has 9 aromatic rings. The molecule has 0 N–H and O–H groups in total. The number of aromatic nitrogens is 3. The quantitative estimate of drug-likeness (QED) is 0.200. The smallest absolute Gasteiger partial charge is 0.127 e. The largest absolute Gasteiger partial charge is 0.337 e. The molecule has 0 saturated heterocycles. The Labute approximate surface area is 265 Å². The molecule has 6 aromatic carbocycles. The van der Waals surface area contributed by atoms with Gasteiger partial charge >= 0.3 is 0 Å². The van der Waals surface area contributed by atoms with Gasteiger partial charge in [-0.1, -0.05) is 109 Å². The molecular weight excluding hydrogens is 560 g/mol. The Kier molecular flexibility index (Phi) is 5.23. The van der Waals surface area contributed by atoms with Crippen molar-refractivity contribution < 1.29 is 0 Å². The average molecular weight is 591 g/mol. The molecule has 4 heteroatoms. The molecule has 3 aromatic heterocycles. The maximum atomic E-state index is 2.56. The fourth-order valence-electron chi connectivity index (χ4n) is 7.94. The van der Waals surface area contributed by atoms with Crippen LogP contribution >= 0.6 is 0 Å². The molecule has 0 aliphatic carbocycles. The molecule has 0 saturated carbocycles. The van der Waals surface area contributed by atoms with Crippen LogP contribution in [0.15, 0.2) is 158 Å². The maximum Gasteiger partial charge on any atom is 0.127 e. The Morgan fingerprint density at radius 1 is 0.435 bits per heavy atom. The van der Waals surface area contributed by atoms with Crippen molar-refractivity contribution in [2.45, 2.75) is 6.17 Å². The van der Waals surface area contributed by atoms with Gasteiger partial charge in [-0.05, 0) is 48.6 Å². The van der Waals surface area contributed by atoms with Gasteiger partial charge in [0.15, 0.2) is 0 Å². The minimum atomic E-state index is -0.0600. The van der Waals surface area contributed by atoms with E-state index in [4.69, 9.17) is 0 Å². The van der Waals surface area contributed by atoms with Crippen molar-refractivity contribution in [3.8, 4) is 5.69 Å². The zero-order chi connectivity index (χ0) is 30.4. The predicted molar refractivity (Wildman–Crippen MR) is 193 cm³/mol. The Morgan fingerprint density at radius 2 is 0.913 bits per heavy atom. The molecule has 1 aliphatic heterocycles. The molecule has 0 bridgehead atoms. The number of likely N-dealkylation sites (N-methyl/N-ethyl adjacent to an activating group) is 1. The zero-order valence-electron chi connectivity index (χ0n) is 25.4. The second-order valence-electron chi connectivity index (χ2n) is 12.2. The Hall–Kier alpha value is -6.00. The summed E-state index contributed by atoms with van der Waals surface area (Å²) in [6, 6.07) is 50.6. The van der Waals surface area contributed by atoms with Crippen LogP contribution in [-0.4, -0.2) is 25.6 Å². The first-order chi connectivity index (χ1) is 22.8. The van der Waals surface area contributed by atoms with E-state index in [1.54, 1.807) is 0 Å². The predicted octanol–water partition coefficient (Wildman–Crippen LogP) is 10.5. The van der Waals surface area contributed by atoms with Crippen molar-refractivity contribution >= 4 is 71.2 Å². The lowest BCUT2D eigenvalue weighted by atomic mass is 10.1. The minimum absolute atomic E-state index is 0.0600. The van der Waals surface area contributed by atoms with Crippen LogP contribution in [-0.2, 0) is 0 Å². The van der Waals surface area contributed by atoms with Crippen molar-refractivity contribution in [2.75, 3.05) is 7.05 Å². The van der Waals surface area contributed by atoms with Gasteiger partial charge in [0.05, 0.1) is 33.1 Å². The summed E-state index contributed by atoms with van der Waals surface area (Å²) in [5.41, 5.74) is 8.50. The summed E-state index contributed by atoms with van der Waals surface area (Å²) >= 11 is 0. The lowest BCUT2D eigenvalue weighted by molar-refractivity contribution is 0.319. The van der Waals surface area contributed by atoms with Gasteiger partial charge in [-0.2, -0.15) is 0 Å². The highest BCUT2D eigenvalue weighted by Gasteiger charge is 2.28. The Morgan fingerprint density at radius 3 is 1.54 bits per heavy atom. The molecule has 4 nitrogen and oxygen atoms in total. The number of fused-ring (bicyclic) bond motifs is 10. The van der Waals surface area contributed by atoms with Crippen molar-refractivity contribution in [3.63, 3.8) is 0 Å². The van der Waals surface area contributed by atoms with Crippen LogP contribution in [0.4, 0.5) is 0 Å². The van der Waals surface area contributed by atoms with E-state index in [9.17, 15) is 0 Å². The molecule has 0 spiro atoms. The van der Waals surface area contributed by atoms with Crippen LogP contribution in [0.5, 0.6) is 0 Å². The van der Waals surface area contributed by atoms with Crippen LogP contribution in [0.3, 0.4) is 0 Å². The summed E-state index contributed by atoms with van der Waals surface area (Å²) in [7, 11) is 2.23. The number of hydrogen-bond acceptors (Lipinski definition) is 1. The van der Waals surface area contributed by atoms with Gasteiger partial charge in [-0.25, -0.2) is 0 Å². The van der Waals surface area contributed by atoms with Crippen molar-refractivity contribution in [1.82, 2.24) is 18.6 Å². The molecule has 218 valence electrons. The summed E-state index contributed by atoms with van der Waals surface area (Å²) in [6.07, 6.45) is 6.75. The molecule has 0 radical (unpaired) electrons. The highest BCUT2D eigenvalue weighted by atomic mass is 15.4. The van der Waals surface area contributed by atoms with E-state index >= 15 is 0 Å². The van der Waals surface area contributed by atoms with Gasteiger partial charge < -0.3 is 14.0 Å². The number of allylic oxidation sites excluding steroid dienone is 2. The van der Waals surface area contributed by atoms with Gasteiger partial charge in [-0.15, -0.1) is 0 Å². The second kappa shape index (κ2) is 9.50. The van der Waals surface area contributed by atoms with E-state index in [0.717, 1.165) is 11.5 Å². The molecule has 1 unspecified atom stereocenters. The van der Waals surface area contributed by atoms with Gasteiger partial charge in [0, 0.05) is 45.1 Å². The number of para-hydroxylation sites is 5. The molecule has 1 aliphatic rings. The summed E-state index contributed by atoms with van der Waals surface area (Å²) in [6.45, 7) is 0. The molecule has 0 amide bonds. The van der Waals surface area contributed by atoms with Gasteiger partial charge in [0.1, 0.15) is 12.0 Å². The van der Waals surface area contributed by atoms with Crippen LogP contribution < -0.4 is 0 Å². The van der Waals surface area contributed by atoms with Gasteiger partial charge in [-0.3, -0.25) is 4.57 Å². The number of hydrogen-bond donors (Lipinski definition) is 0. The summed E-state index contributed by atoms with van der Waals surface area (Å²) in [5, 5.41) is 7.58. The summed E-state index contributed by atoms with van der Waals surface area (Å²) in [5.74, 6) is 1.15. The average Bonchev–Trinajstić information content (AvgIpc) is 3.75. The molecular formula is C42H30N4. The first kappa shape index (κ1) is 25.3. The van der Waals surface area contributed by atoms with Gasteiger partial charge in [0.2, 0.25) is 0 Å². The fourth-order valence-corrected chi connectivity index (χ4v) is 7.94. The van der Waals surface area contributed by atoms with Crippen molar-refractivity contribution in [3.05, 3.63) is 158 Å². The van der Waals surface area contributed by atoms with Gasteiger partial charge in [0.25, 0.3) is 0 Å². The van der Waals surface area contributed by atoms with E-state index in [2.05, 4.69) is 183 Å². The van der Waals surface area contributed by atoms with E-state index < -0.39 is 0 Å². The molecule has 1 atom stereocenters. The van der Waals surface area contributed by atoms with Crippen LogP contribution in [0.1, 0.15) is 6.17 Å². The third-order valence-corrected chi connectivity index (χ3v) is 9.88. The molecule has 0 fully saturated rings. The maximum absolute atomic E-state index is 2.56. The monoisotopic (exact) mass is 590 g/mol. The summed E-state index contributed by atoms with van der Waals surface area (Å²) < 4.78 is 7.44. The Balaban J connectivity index is 1.29. The minimum Gasteiger partial charge on any atom is -0.337 e. The first-order valence-electron chi connectivity index (χ1n) is 15.9. The van der Waals surface area contributed by atoms with Crippen LogP contribution in [0.2, 0.25) is 0 Å². The first-order valence-corrected chi connectivity index (χ1v) is 15.9. The Bertz CT molecular complexity index is 2660. The van der Waals surface area contributed by atoms with E-state index in [1.165, 1.54) is 65.4 Å². The summed E-state index contributed by atoms with van der Waals surface area (Å²) in [4.78, 5) is 2.43. The van der Waals surface area contributed by atoms with E-state index in [0.29, 0.717) is 0 Å². The normalized spacial score (nSPS) is 15.3. The van der Waals surface area contributed by atoms with E-state index in [-0.39, 0.29) is 6.17 Å². The molecule has 10 rings (SSSR count). The van der Waals surface area contributed by atoms with Crippen molar-refractivity contribution in [2.24, 2.45) is 0 Å². The van der Waals surface area contributed by atoms with Crippen molar-refractivity contribution in [1.29, 1.82) is 0 Å². The standard InChI is InChI=1S/C42H30N4/c1-43-39(45-36-21-10-5-16-29(36)30-17-6-11-22-37(30)45)24-13-25-40(43)46-38-23-12-8-19-32(38)34-27-26-33-31-18-7-9-20-35(31)44(41(33)42(34)46)28-14-3-2-4-15-28/h2-27,40H,1H3. The van der Waals surface area contributed by atoms with Crippen LogP contribution in [0.25, 0.3) is 76.9 Å². The van der Waals surface area contributed by atoms with Crippen LogP contribution in [0, 0.1) is 0 Å². The third kappa shape index (κ3) is 3.33. The lowest BCUT2D eigenvalue weighted by Gasteiger charge is -2.35. The molecule has 4 heterocycles. The lowest BCUT2D eigenvalue weighted by Crippen LogP contribution is -2.30. The molecule has 46 heavy (non-hydrogen) atoms. The number of nitrogens with zero attached hydrogens (tertiary/aromatic N) is 4. The highest BCUT2D eigenvalue weighted by Crippen LogP contribution is 2.44. The zero-order valence-corrected chi connectivity index (χ0v) is 25.4. The number of rotatable bonds is 3.